The number of nitrogens with zero attached hydrogens (tertiary/aromatic N) is 5. The molecule has 4 rings (SSSR count). The summed E-state index contributed by atoms with van der Waals surface area (Å²) >= 11 is 0. The largest absolute Gasteiger partial charge is 0.424 e. The van der Waals surface area contributed by atoms with Crippen LogP contribution in [0.1, 0.15) is 30.0 Å². The summed E-state index contributed by atoms with van der Waals surface area (Å²) in [5.41, 5.74) is 0.652. The molecule has 1 saturated carbocycles. The van der Waals surface area contributed by atoms with Crippen LogP contribution in [-0.2, 0) is 11.3 Å². The average Bonchev–Trinajstić information content (AvgIpc) is 3.51. The number of anilines is 1. The van der Waals surface area contributed by atoms with Gasteiger partial charge in [-0.2, -0.15) is 5.26 Å². The highest BCUT2D eigenvalue weighted by Crippen LogP contribution is 2.29. The molecule has 1 aliphatic heterocycles. The second kappa shape index (κ2) is 8.40. The molecule has 7 nitrogen and oxygen atoms in total. The molecule has 1 aromatic carbocycles. The van der Waals surface area contributed by atoms with Crippen molar-refractivity contribution in [1.29, 1.82) is 5.26 Å². The van der Waals surface area contributed by atoms with Crippen molar-refractivity contribution in [2.75, 3.05) is 37.6 Å². The number of piperazine rings is 1. The van der Waals surface area contributed by atoms with Gasteiger partial charge in [0.15, 0.2) is 5.89 Å². The van der Waals surface area contributed by atoms with E-state index in [1.807, 2.05) is 15.9 Å². The summed E-state index contributed by atoms with van der Waals surface area (Å²) in [4.78, 5) is 22.6. The van der Waals surface area contributed by atoms with Gasteiger partial charge in [0, 0.05) is 57.3 Å². The summed E-state index contributed by atoms with van der Waals surface area (Å²) in [6.45, 7) is 4.29. The maximum absolute atomic E-state index is 14.1. The lowest BCUT2D eigenvalue weighted by atomic mass is 10.2. The van der Waals surface area contributed by atoms with Crippen LogP contribution < -0.4 is 4.90 Å². The van der Waals surface area contributed by atoms with Crippen LogP contribution >= 0.6 is 0 Å². The normalized spacial score (nSPS) is 16.8. The van der Waals surface area contributed by atoms with E-state index < -0.39 is 11.6 Å². The molecular weight excluding hydrogens is 392 g/mol. The minimum atomic E-state index is -0.607. The van der Waals surface area contributed by atoms with Crippen LogP contribution in [0.5, 0.6) is 0 Å². The molecule has 0 unspecified atom stereocenters. The molecule has 0 radical (unpaired) electrons. The van der Waals surface area contributed by atoms with Crippen molar-refractivity contribution in [2.45, 2.75) is 32.4 Å². The fourth-order valence-electron chi connectivity index (χ4n) is 3.76. The zero-order chi connectivity index (χ0) is 21.3. The van der Waals surface area contributed by atoms with E-state index in [0.717, 1.165) is 18.9 Å². The summed E-state index contributed by atoms with van der Waals surface area (Å²) < 4.78 is 32.8. The van der Waals surface area contributed by atoms with Gasteiger partial charge in [-0.3, -0.25) is 9.69 Å². The van der Waals surface area contributed by atoms with Crippen molar-refractivity contribution in [2.24, 2.45) is 0 Å². The van der Waals surface area contributed by atoms with Crippen LogP contribution in [0.3, 0.4) is 0 Å². The Morgan fingerprint density at radius 3 is 2.67 bits per heavy atom. The van der Waals surface area contributed by atoms with Crippen molar-refractivity contribution in [1.82, 2.24) is 14.8 Å². The SMILES string of the molecule is Cc1nc(C#N)c(N2CCN(C(=O)CN(Cc3ccc(F)cc3F)C3CC3)CC2)o1. The van der Waals surface area contributed by atoms with Gasteiger partial charge in [0.25, 0.3) is 0 Å². The maximum atomic E-state index is 14.1. The number of halogens is 2. The zero-order valence-corrected chi connectivity index (χ0v) is 16.8. The van der Waals surface area contributed by atoms with Crippen molar-refractivity contribution < 1.29 is 18.0 Å². The van der Waals surface area contributed by atoms with Gasteiger partial charge >= 0.3 is 0 Å². The third-order valence-electron chi connectivity index (χ3n) is 5.53. The van der Waals surface area contributed by atoms with Crippen LogP contribution in [0.4, 0.5) is 14.7 Å². The molecular formula is C21H23F2N5O2. The maximum Gasteiger partial charge on any atom is 0.236 e. The highest BCUT2D eigenvalue weighted by Gasteiger charge is 2.33. The zero-order valence-electron chi connectivity index (χ0n) is 16.8. The second-order valence-corrected chi connectivity index (χ2v) is 7.74. The first-order valence-electron chi connectivity index (χ1n) is 10.0. The number of hydrogen-bond donors (Lipinski definition) is 0. The van der Waals surface area contributed by atoms with E-state index in [0.29, 0.717) is 43.5 Å². The number of rotatable bonds is 6. The number of nitriles is 1. The molecule has 158 valence electrons. The first kappa shape index (κ1) is 20.3. The number of benzene rings is 1. The van der Waals surface area contributed by atoms with E-state index in [4.69, 9.17) is 4.42 Å². The molecule has 2 aliphatic rings. The molecule has 2 fully saturated rings. The van der Waals surface area contributed by atoms with Crippen molar-refractivity contribution >= 4 is 11.8 Å². The summed E-state index contributed by atoms with van der Waals surface area (Å²) in [6.07, 6.45) is 1.96. The van der Waals surface area contributed by atoms with Gasteiger partial charge < -0.3 is 14.2 Å². The molecule has 0 atom stereocenters. The van der Waals surface area contributed by atoms with Gasteiger partial charge in [0.05, 0.1) is 6.54 Å². The van der Waals surface area contributed by atoms with Crippen molar-refractivity contribution in [3.63, 3.8) is 0 Å². The quantitative estimate of drug-likeness (QED) is 0.721. The number of amides is 1. The lowest BCUT2D eigenvalue weighted by Gasteiger charge is -2.35. The number of aromatic nitrogens is 1. The molecule has 0 N–H and O–H groups in total. The molecule has 2 aromatic rings. The molecule has 2 heterocycles. The highest BCUT2D eigenvalue weighted by atomic mass is 19.1. The average molecular weight is 415 g/mol. The van der Waals surface area contributed by atoms with Crippen LogP contribution in [0.15, 0.2) is 22.6 Å². The predicted molar refractivity (Wildman–Crippen MR) is 105 cm³/mol. The third-order valence-corrected chi connectivity index (χ3v) is 5.53. The van der Waals surface area contributed by atoms with Crippen molar-refractivity contribution in [3.8, 4) is 6.07 Å². The smallest absolute Gasteiger partial charge is 0.236 e. The Kier molecular flexibility index (Phi) is 5.68. The van der Waals surface area contributed by atoms with Crippen LogP contribution in [-0.4, -0.2) is 59.5 Å². The number of oxazole rings is 1. The van der Waals surface area contributed by atoms with Gasteiger partial charge in [-0.15, -0.1) is 0 Å². The first-order chi connectivity index (χ1) is 14.4. The van der Waals surface area contributed by atoms with E-state index in [9.17, 15) is 18.8 Å². The van der Waals surface area contributed by atoms with E-state index >= 15 is 0 Å². The number of hydrogen-bond acceptors (Lipinski definition) is 6. The second-order valence-electron chi connectivity index (χ2n) is 7.74. The van der Waals surface area contributed by atoms with Crippen LogP contribution in [0, 0.1) is 29.9 Å². The fraction of sp³-hybridized carbons (Fsp3) is 0.476. The highest BCUT2D eigenvalue weighted by molar-refractivity contribution is 5.78. The predicted octanol–water partition coefficient (Wildman–Crippen LogP) is 2.45. The van der Waals surface area contributed by atoms with Gasteiger partial charge in [-0.1, -0.05) is 6.07 Å². The Bertz CT molecular complexity index is 974. The van der Waals surface area contributed by atoms with E-state index in [-0.39, 0.29) is 30.7 Å². The van der Waals surface area contributed by atoms with E-state index in [1.165, 1.54) is 12.1 Å². The van der Waals surface area contributed by atoms with Gasteiger partial charge in [0.2, 0.25) is 17.5 Å². The number of aryl methyl sites for hydroxylation is 1. The molecule has 1 aromatic heterocycles. The lowest BCUT2D eigenvalue weighted by molar-refractivity contribution is -0.133. The van der Waals surface area contributed by atoms with E-state index in [1.54, 1.807) is 11.8 Å². The first-order valence-corrected chi connectivity index (χ1v) is 10.0. The molecule has 9 heteroatoms. The standard InChI is InChI=1S/C21H23F2N5O2/c1-14-25-19(11-24)21(30-14)27-8-6-26(7-9-27)20(29)13-28(17-4-5-17)12-15-2-3-16(22)10-18(15)23/h2-3,10,17H,4-9,12-13H2,1H3. The molecule has 1 amide bonds. The van der Waals surface area contributed by atoms with Crippen LogP contribution in [0.25, 0.3) is 0 Å². The van der Waals surface area contributed by atoms with Crippen LogP contribution in [0.2, 0.25) is 0 Å². The minimum Gasteiger partial charge on any atom is -0.424 e. The number of carbonyl (C=O) groups excluding carboxylic acids is 1. The molecule has 1 saturated heterocycles. The third kappa shape index (κ3) is 4.44. The summed E-state index contributed by atoms with van der Waals surface area (Å²) in [5.74, 6) is -0.318. The fourth-order valence-corrected chi connectivity index (χ4v) is 3.76. The number of carbonyl (C=O) groups is 1. The van der Waals surface area contributed by atoms with Gasteiger partial charge in [-0.25, -0.2) is 13.8 Å². The molecule has 0 spiro atoms. The Morgan fingerprint density at radius 1 is 1.30 bits per heavy atom. The Balaban J connectivity index is 1.35. The Hall–Kier alpha value is -2.99. The Labute approximate surface area is 173 Å². The Morgan fingerprint density at radius 2 is 2.03 bits per heavy atom. The summed E-state index contributed by atoms with van der Waals surface area (Å²) in [7, 11) is 0. The van der Waals surface area contributed by atoms with E-state index in [2.05, 4.69) is 4.98 Å². The summed E-state index contributed by atoms with van der Waals surface area (Å²) in [5, 5.41) is 9.20. The molecule has 1 aliphatic carbocycles. The van der Waals surface area contributed by atoms with Crippen molar-refractivity contribution in [3.05, 3.63) is 47.0 Å². The molecule has 30 heavy (non-hydrogen) atoms. The lowest BCUT2D eigenvalue weighted by Crippen LogP contribution is -2.51. The monoisotopic (exact) mass is 415 g/mol. The summed E-state index contributed by atoms with van der Waals surface area (Å²) in [6, 6.07) is 5.85. The van der Waals surface area contributed by atoms with Gasteiger partial charge in [-0.05, 0) is 18.9 Å². The van der Waals surface area contributed by atoms with Gasteiger partial charge in [0.1, 0.15) is 17.7 Å². The molecule has 0 bridgehead atoms. The topological polar surface area (TPSA) is 76.6 Å². The minimum absolute atomic E-state index is 0.0154.